The first-order chi connectivity index (χ1) is 15.1. The Morgan fingerprint density at radius 2 is 1.03 bits per heavy atom. The SMILES string of the molecule is CCCCCCOC(OCCCCC)(OCCC(C)C)C(CCCCC)OCCCC. The molecule has 0 saturated heterocycles. The summed E-state index contributed by atoms with van der Waals surface area (Å²) < 4.78 is 25.9. The van der Waals surface area contributed by atoms with E-state index in [4.69, 9.17) is 18.9 Å². The molecule has 0 fully saturated rings. The van der Waals surface area contributed by atoms with Crippen LogP contribution in [0.5, 0.6) is 0 Å². The van der Waals surface area contributed by atoms with Gasteiger partial charge in [-0.25, -0.2) is 0 Å². The van der Waals surface area contributed by atoms with Crippen LogP contribution in [0.25, 0.3) is 0 Å². The summed E-state index contributed by atoms with van der Waals surface area (Å²) in [6, 6.07) is 0. The average Bonchev–Trinajstić information content (AvgIpc) is 2.75. The zero-order valence-corrected chi connectivity index (χ0v) is 22.0. The lowest BCUT2D eigenvalue weighted by Gasteiger charge is -2.39. The van der Waals surface area contributed by atoms with Crippen molar-refractivity contribution in [1.82, 2.24) is 0 Å². The molecule has 31 heavy (non-hydrogen) atoms. The quantitative estimate of drug-likeness (QED) is 0.111. The molecule has 0 spiro atoms. The molecule has 0 aromatic rings. The lowest BCUT2D eigenvalue weighted by molar-refractivity contribution is -0.419. The van der Waals surface area contributed by atoms with Crippen molar-refractivity contribution >= 4 is 0 Å². The molecule has 4 heteroatoms. The molecule has 0 radical (unpaired) electrons. The number of unbranched alkanes of at least 4 members (excludes halogenated alkanes) is 8. The fourth-order valence-electron chi connectivity index (χ4n) is 3.46. The van der Waals surface area contributed by atoms with Gasteiger partial charge < -0.3 is 18.9 Å². The van der Waals surface area contributed by atoms with Crippen molar-refractivity contribution in [3.63, 3.8) is 0 Å². The predicted molar refractivity (Wildman–Crippen MR) is 132 cm³/mol. The average molecular weight is 445 g/mol. The Bertz CT molecular complexity index is 351. The standard InChI is InChI=1S/C27H56O4/c1-7-11-15-18-23-30-27(29-22-17-13-9-3,31-24-20-25(5)6)26(19-16-12-8-2)28-21-14-10-4/h25-26H,7-24H2,1-6H3. The van der Waals surface area contributed by atoms with Gasteiger partial charge in [-0.3, -0.25) is 0 Å². The van der Waals surface area contributed by atoms with Crippen LogP contribution in [0.15, 0.2) is 0 Å². The summed E-state index contributed by atoms with van der Waals surface area (Å²) in [5, 5.41) is 0. The van der Waals surface area contributed by atoms with Crippen LogP contribution in [0.3, 0.4) is 0 Å². The first-order valence-corrected chi connectivity index (χ1v) is 13.6. The highest BCUT2D eigenvalue weighted by Crippen LogP contribution is 2.29. The minimum Gasteiger partial charge on any atom is -0.370 e. The van der Waals surface area contributed by atoms with Crippen molar-refractivity contribution in [2.24, 2.45) is 5.92 Å². The Hall–Kier alpha value is -0.160. The van der Waals surface area contributed by atoms with Crippen molar-refractivity contribution < 1.29 is 18.9 Å². The third kappa shape index (κ3) is 16.2. The number of hydrogen-bond acceptors (Lipinski definition) is 4. The Kier molecular flexibility index (Phi) is 21.6. The topological polar surface area (TPSA) is 36.9 Å². The highest BCUT2D eigenvalue weighted by Gasteiger charge is 2.43. The zero-order valence-electron chi connectivity index (χ0n) is 22.0. The van der Waals surface area contributed by atoms with Crippen molar-refractivity contribution in [1.29, 1.82) is 0 Å². The van der Waals surface area contributed by atoms with Crippen molar-refractivity contribution in [2.75, 3.05) is 26.4 Å². The van der Waals surface area contributed by atoms with E-state index in [1.807, 2.05) is 0 Å². The van der Waals surface area contributed by atoms with Gasteiger partial charge in [-0.15, -0.1) is 0 Å². The summed E-state index contributed by atoms with van der Waals surface area (Å²) in [5.74, 6) is -0.488. The van der Waals surface area contributed by atoms with Crippen LogP contribution in [0.4, 0.5) is 0 Å². The van der Waals surface area contributed by atoms with Crippen molar-refractivity contribution in [3.8, 4) is 0 Å². The number of ether oxygens (including phenoxy) is 4. The maximum atomic E-state index is 6.49. The molecule has 4 nitrogen and oxygen atoms in total. The number of rotatable bonds is 24. The molecule has 0 bridgehead atoms. The summed E-state index contributed by atoms with van der Waals surface area (Å²) >= 11 is 0. The summed E-state index contributed by atoms with van der Waals surface area (Å²) in [4.78, 5) is 0. The third-order valence-corrected chi connectivity index (χ3v) is 5.63. The minimum absolute atomic E-state index is 0.175. The van der Waals surface area contributed by atoms with E-state index in [-0.39, 0.29) is 6.10 Å². The van der Waals surface area contributed by atoms with Gasteiger partial charge in [0, 0.05) is 6.61 Å². The fourth-order valence-corrected chi connectivity index (χ4v) is 3.46. The minimum atomic E-state index is -1.07. The second kappa shape index (κ2) is 21.7. The van der Waals surface area contributed by atoms with Crippen LogP contribution in [-0.2, 0) is 18.9 Å². The Morgan fingerprint density at radius 3 is 1.61 bits per heavy atom. The zero-order chi connectivity index (χ0) is 23.2. The summed E-state index contributed by atoms with van der Waals surface area (Å²) in [6.45, 7) is 16.1. The van der Waals surface area contributed by atoms with E-state index in [1.165, 1.54) is 38.5 Å². The van der Waals surface area contributed by atoms with E-state index >= 15 is 0 Å². The van der Waals surface area contributed by atoms with E-state index in [2.05, 4.69) is 41.5 Å². The predicted octanol–water partition coefficient (Wildman–Crippen LogP) is 8.27. The third-order valence-electron chi connectivity index (χ3n) is 5.63. The van der Waals surface area contributed by atoms with E-state index in [1.54, 1.807) is 0 Å². The molecule has 0 aromatic heterocycles. The molecule has 0 amide bonds. The summed E-state index contributed by atoms with van der Waals surface area (Å²) in [5.41, 5.74) is 0. The lowest BCUT2D eigenvalue weighted by Crippen LogP contribution is -2.52. The van der Waals surface area contributed by atoms with Crippen LogP contribution in [0.2, 0.25) is 0 Å². The van der Waals surface area contributed by atoms with Gasteiger partial charge in [0.2, 0.25) is 0 Å². The molecule has 0 saturated carbocycles. The largest absolute Gasteiger partial charge is 0.370 e. The second-order valence-electron chi connectivity index (χ2n) is 9.31. The molecule has 0 aliphatic carbocycles. The van der Waals surface area contributed by atoms with Gasteiger partial charge in [0.05, 0.1) is 19.8 Å². The molecule has 0 heterocycles. The van der Waals surface area contributed by atoms with Gasteiger partial charge in [-0.05, 0) is 38.0 Å². The highest BCUT2D eigenvalue weighted by molar-refractivity contribution is 4.74. The molecule has 0 rings (SSSR count). The normalized spacial score (nSPS) is 14.8. The molecule has 188 valence electrons. The van der Waals surface area contributed by atoms with Gasteiger partial charge in [0.25, 0.3) is 0 Å². The highest BCUT2D eigenvalue weighted by atomic mass is 16.9. The Morgan fingerprint density at radius 1 is 0.516 bits per heavy atom. The van der Waals surface area contributed by atoms with Crippen LogP contribution >= 0.6 is 0 Å². The van der Waals surface area contributed by atoms with Gasteiger partial charge >= 0.3 is 5.97 Å². The maximum Gasteiger partial charge on any atom is 0.310 e. The first-order valence-electron chi connectivity index (χ1n) is 13.6. The lowest BCUT2D eigenvalue weighted by atomic mass is 10.1. The monoisotopic (exact) mass is 444 g/mol. The van der Waals surface area contributed by atoms with Gasteiger partial charge in [-0.1, -0.05) is 99.3 Å². The fraction of sp³-hybridized carbons (Fsp3) is 1.00. The Labute approximate surface area is 195 Å². The molecular weight excluding hydrogens is 388 g/mol. The smallest absolute Gasteiger partial charge is 0.310 e. The summed E-state index contributed by atoms with van der Waals surface area (Å²) in [7, 11) is 0. The molecule has 0 aliphatic rings. The van der Waals surface area contributed by atoms with Gasteiger partial charge in [-0.2, -0.15) is 0 Å². The molecular formula is C27H56O4. The Balaban J connectivity index is 5.44. The van der Waals surface area contributed by atoms with Crippen molar-refractivity contribution in [3.05, 3.63) is 0 Å². The van der Waals surface area contributed by atoms with E-state index < -0.39 is 5.97 Å². The molecule has 0 aromatic carbocycles. The second-order valence-corrected chi connectivity index (χ2v) is 9.31. The van der Waals surface area contributed by atoms with Crippen LogP contribution in [-0.4, -0.2) is 38.5 Å². The van der Waals surface area contributed by atoms with Crippen LogP contribution in [0, 0.1) is 5.92 Å². The molecule has 0 N–H and O–H groups in total. The number of hydrogen-bond donors (Lipinski definition) is 0. The van der Waals surface area contributed by atoms with Crippen LogP contribution < -0.4 is 0 Å². The van der Waals surface area contributed by atoms with Gasteiger partial charge in [0.1, 0.15) is 6.10 Å². The maximum absolute atomic E-state index is 6.49. The van der Waals surface area contributed by atoms with E-state index in [0.717, 1.165) is 58.0 Å². The molecule has 2 unspecified atom stereocenters. The molecule has 0 aliphatic heterocycles. The van der Waals surface area contributed by atoms with Gasteiger partial charge in [0.15, 0.2) is 0 Å². The van der Waals surface area contributed by atoms with Crippen LogP contribution in [0.1, 0.15) is 131 Å². The van der Waals surface area contributed by atoms with Crippen molar-refractivity contribution in [2.45, 2.75) is 144 Å². The molecule has 2 atom stereocenters. The summed E-state index contributed by atoms with van der Waals surface area (Å²) in [6.07, 6.45) is 15.5. The first kappa shape index (κ1) is 30.8. The van der Waals surface area contributed by atoms with E-state index in [9.17, 15) is 0 Å². The van der Waals surface area contributed by atoms with E-state index in [0.29, 0.717) is 25.7 Å².